The van der Waals surface area contributed by atoms with Gasteiger partial charge in [0.25, 0.3) is 0 Å². The van der Waals surface area contributed by atoms with Crippen LogP contribution in [0.2, 0.25) is 0 Å². The Kier molecular flexibility index (Phi) is 4.35. The standard InChI is InChI=1S/C21H24N6O/c28-21(18-8-7-14-4-1-2-6-17(14)26-18)25-15-5-3-11-27(12-15)20-16-9-10-22-19(16)23-13-24-20/h1-2,4,6,9-10,13,15,18,26H,3,5,7-8,11-12H2,(H,25,28)(H,22,23,24). The minimum absolute atomic E-state index is 0.0934. The number of anilines is 2. The number of benzene rings is 1. The van der Waals surface area contributed by atoms with E-state index in [2.05, 4.69) is 36.6 Å². The molecule has 0 bridgehead atoms. The van der Waals surface area contributed by atoms with Gasteiger partial charge in [-0.3, -0.25) is 4.79 Å². The van der Waals surface area contributed by atoms with Gasteiger partial charge in [0.15, 0.2) is 0 Å². The minimum atomic E-state index is -0.166. The summed E-state index contributed by atoms with van der Waals surface area (Å²) in [5.41, 5.74) is 3.21. The van der Waals surface area contributed by atoms with Crippen LogP contribution in [0, 0.1) is 0 Å². The molecule has 7 nitrogen and oxygen atoms in total. The molecule has 28 heavy (non-hydrogen) atoms. The van der Waals surface area contributed by atoms with Crippen molar-refractivity contribution in [3.8, 4) is 0 Å². The predicted molar refractivity (Wildman–Crippen MR) is 109 cm³/mol. The Bertz CT molecular complexity index is 999. The molecule has 1 fully saturated rings. The lowest BCUT2D eigenvalue weighted by molar-refractivity contribution is -0.122. The van der Waals surface area contributed by atoms with Crippen molar-refractivity contribution < 1.29 is 4.79 Å². The topological polar surface area (TPSA) is 85.9 Å². The Labute approximate surface area is 163 Å². The molecule has 2 aromatic heterocycles. The van der Waals surface area contributed by atoms with Crippen LogP contribution in [0.15, 0.2) is 42.9 Å². The second-order valence-corrected chi connectivity index (χ2v) is 7.62. The van der Waals surface area contributed by atoms with Gasteiger partial charge in [-0.1, -0.05) is 18.2 Å². The maximum atomic E-state index is 12.9. The number of amides is 1. The van der Waals surface area contributed by atoms with Crippen LogP contribution in [0.3, 0.4) is 0 Å². The van der Waals surface area contributed by atoms with Gasteiger partial charge >= 0.3 is 0 Å². The van der Waals surface area contributed by atoms with Crippen molar-refractivity contribution in [3.05, 3.63) is 48.4 Å². The summed E-state index contributed by atoms with van der Waals surface area (Å²) in [7, 11) is 0. The first-order valence-corrected chi connectivity index (χ1v) is 9.96. The lowest BCUT2D eigenvalue weighted by Crippen LogP contribution is -2.52. The number of H-pyrrole nitrogens is 1. The van der Waals surface area contributed by atoms with Crippen LogP contribution in [0.4, 0.5) is 11.5 Å². The SMILES string of the molecule is O=C(NC1CCCN(c2ncnc3[nH]ccc23)C1)C1CCc2ccccc2N1. The van der Waals surface area contributed by atoms with Crippen LogP contribution in [0.25, 0.3) is 11.0 Å². The Morgan fingerprint density at radius 2 is 2.11 bits per heavy atom. The molecule has 1 aromatic carbocycles. The summed E-state index contributed by atoms with van der Waals surface area (Å²) in [4.78, 5) is 27.0. The molecule has 0 spiro atoms. The molecule has 0 aliphatic carbocycles. The third-order valence-electron chi connectivity index (χ3n) is 5.77. The highest BCUT2D eigenvalue weighted by Gasteiger charge is 2.28. The van der Waals surface area contributed by atoms with Crippen molar-refractivity contribution in [3.63, 3.8) is 0 Å². The summed E-state index contributed by atoms with van der Waals surface area (Å²) in [6.45, 7) is 1.71. The van der Waals surface area contributed by atoms with E-state index < -0.39 is 0 Å². The lowest BCUT2D eigenvalue weighted by atomic mass is 9.97. The molecule has 0 saturated carbocycles. The maximum Gasteiger partial charge on any atom is 0.242 e. The maximum absolute atomic E-state index is 12.9. The number of para-hydroxylation sites is 1. The third-order valence-corrected chi connectivity index (χ3v) is 5.77. The number of fused-ring (bicyclic) bond motifs is 2. The molecule has 144 valence electrons. The van der Waals surface area contributed by atoms with Gasteiger partial charge in [-0.25, -0.2) is 9.97 Å². The van der Waals surface area contributed by atoms with Crippen molar-refractivity contribution in [2.45, 2.75) is 37.8 Å². The van der Waals surface area contributed by atoms with E-state index in [9.17, 15) is 4.79 Å². The molecule has 1 amide bonds. The number of aromatic nitrogens is 3. The Balaban J connectivity index is 1.26. The molecule has 2 atom stereocenters. The number of piperidine rings is 1. The molecule has 2 unspecified atom stereocenters. The highest BCUT2D eigenvalue weighted by atomic mass is 16.2. The average molecular weight is 376 g/mol. The molecule has 3 aromatic rings. The van der Waals surface area contributed by atoms with Crippen molar-refractivity contribution in [2.75, 3.05) is 23.3 Å². The summed E-state index contributed by atoms with van der Waals surface area (Å²) < 4.78 is 0. The van der Waals surface area contributed by atoms with Gasteiger partial charge in [-0.05, 0) is 43.4 Å². The second-order valence-electron chi connectivity index (χ2n) is 7.62. The van der Waals surface area contributed by atoms with Crippen LogP contribution in [-0.4, -0.2) is 46.0 Å². The van der Waals surface area contributed by atoms with E-state index in [1.807, 2.05) is 30.5 Å². The smallest absolute Gasteiger partial charge is 0.242 e. The molecule has 1 saturated heterocycles. The minimum Gasteiger partial charge on any atom is -0.373 e. The Morgan fingerprint density at radius 3 is 3.07 bits per heavy atom. The fourth-order valence-corrected chi connectivity index (χ4v) is 4.34. The monoisotopic (exact) mass is 376 g/mol. The van der Waals surface area contributed by atoms with Crippen molar-refractivity contribution >= 4 is 28.4 Å². The number of nitrogens with one attached hydrogen (secondary N) is 3. The molecule has 4 heterocycles. The average Bonchev–Trinajstić information content (AvgIpc) is 3.22. The number of carbonyl (C=O) groups excluding carboxylic acids is 1. The van der Waals surface area contributed by atoms with E-state index >= 15 is 0 Å². The van der Waals surface area contributed by atoms with Crippen LogP contribution in [-0.2, 0) is 11.2 Å². The number of hydrogen-bond donors (Lipinski definition) is 3. The zero-order valence-electron chi connectivity index (χ0n) is 15.7. The van der Waals surface area contributed by atoms with E-state index in [1.165, 1.54) is 5.56 Å². The number of carbonyl (C=O) groups is 1. The molecule has 0 radical (unpaired) electrons. The normalized spacial score (nSPS) is 21.8. The van der Waals surface area contributed by atoms with Gasteiger partial charge in [0.2, 0.25) is 5.91 Å². The summed E-state index contributed by atoms with van der Waals surface area (Å²) in [6.07, 6.45) is 7.27. The Hall–Kier alpha value is -3.09. The third kappa shape index (κ3) is 3.17. The molecule has 7 heteroatoms. The first-order chi connectivity index (χ1) is 13.8. The lowest BCUT2D eigenvalue weighted by Gasteiger charge is -2.35. The molecule has 2 aliphatic heterocycles. The highest BCUT2D eigenvalue weighted by molar-refractivity contribution is 5.88. The second kappa shape index (κ2) is 7.14. The first kappa shape index (κ1) is 17.0. The van der Waals surface area contributed by atoms with Crippen molar-refractivity contribution in [2.24, 2.45) is 0 Å². The summed E-state index contributed by atoms with van der Waals surface area (Å²) in [6, 6.07) is 10.2. The van der Waals surface area contributed by atoms with Gasteiger partial charge in [0.1, 0.15) is 23.8 Å². The summed E-state index contributed by atoms with van der Waals surface area (Å²) >= 11 is 0. The Morgan fingerprint density at radius 1 is 1.18 bits per heavy atom. The molecule has 2 aliphatic rings. The van der Waals surface area contributed by atoms with Crippen LogP contribution in [0.5, 0.6) is 0 Å². The summed E-state index contributed by atoms with van der Waals surface area (Å²) in [5.74, 6) is 1.03. The van der Waals surface area contributed by atoms with Gasteiger partial charge in [-0.2, -0.15) is 0 Å². The largest absolute Gasteiger partial charge is 0.373 e. The number of nitrogens with zero attached hydrogens (tertiary/aromatic N) is 3. The fourth-order valence-electron chi connectivity index (χ4n) is 4.34. The highest BCUT2D eigenvalue weighted by Crippen LogP contribution is 2.26. The first-order valence-electron chi connectivity index (χ1n) is 9.96. The van der Waals surface area contributed by atoms with E-state index in [0.29, 0.717) is 0 Å². The number of rotatable bonds is 3. The number of hydrogen-bond acceptors (Lipinski definition) is 5. The summed E-state index contributed by atoms with van der Waals surface area (Å²) in [5, 5.41) is 7.69. The van der Waals surface area contributed by atoms with E-state index in [4.69, 9.17) is 0 Å². The predicted octanol–water partition coefficient (Wildman–Crippen LogP) is 2.47. The number of aryl methyl sites for hydroxylation is 1. The molecular weight excluding hydrogens is 352 g/mol. The zero-order chi connectivity index (χ0) is 18.9. The van der Waals surface area contributed by atoms with Crippen LogP contribution < -0.4 is 15.5 Å². The van der Waals surface area contributed by atoms with E-state index in [1.54, 1.807) is 6.33 Å². The van der Waals surface area contributed by atoms with Gasteiger partial charge in [-0.15, -0.1) is 0 Å². The van der Waals surface area contributed by atoms with Crippen molar-refractivity contribution in [1.82, 2.24) is 20.3 Å². The van der Waals surface area contributed by atoms with E-state index in [0.717, 1.165) is 61.3 Å². The molecule has 5 rings (SSSR count). The van der Waals surface area contributed by atoms with E-state index in [-0.39, 0.29) is 18.0 Å². The van der Waals surface area contributed by atoms with Gasteiger partial charge in [0.05, 0.1) is 5.39 Å². The van der Waals surface area contributed by atoms with Gasteiger partial charge < -0.3 is 20.5 Å². The molecule has 3 N–H and O–H groups in total. The molecular formula is C21H24N6O. The quantitative estimate of drug-likeness (QED) is 0.654. The van der Waals surface area contributed by atoms with Gasteiger partial charge in [0, 0.05) is 31.0 Å². The van der Waals surface area contributed by atoms with Crippen molar-refractivity contribution in [1.29, 1.82) is 0 Å². The van der Waals surface area contributed by atoms with Crippen LogP contribution in [0.1, 0.15) is 24.8 Å². The zero-order valence-corrected chi connectivity index (χ0v) is 15.7. The fraction of sp³-hybridized carbons (Fsp3) is 0.381. The number of aromatic amines is 1. The van der Waals surface area contributed by atoms with Crippen LogP contribution >= 0.6 is 0 Å².